The predicted octanol–water partition coefficient (Wildman–Crippen LogP) is 4.89. The van der Waals surface area contributed by atoms with Gasteiger partial charge in [0.05, 0.1) is 0 Å². The highest BCUT2D eigenvalue weighted by Gasteiger charge is 2.61. The van der Waals surface area contributed by atoms with Crippen LogP contribution in [0.3, 0.4) is 0 Å². The average Bonchev–Trinajstić information content (AvgIpc) is 2.91. The summed E-state index contributed by atoms with van der Waals surface area (Å²) >= 11 is 0. The van der Waals surface area contributed by atoms with Crippen molar-refractivity contribution in [2.45, 2.75) is 97.7 Å². The lowest BCUT2D eigenvalue weighted by Gasteiger charge is -2.60. The van der Waals surface area contributed by atoms with Crippen molar-refractivity contribution in [3.8, 4) is 0 Å². The number of esters is 2. The van der Waals surface area contributed by atoms with Crippen LogP contribution in [0.2, 0.25) is 0 Å². The van der Waals surface area contributed by atoms with Gasteiger partial charge in [0.1, 0.15) is 12.2 Å². The number of hydrogen-bond donors (Lipinski definition) is 0. The maximum Gasteiger partial charge on any atom is 0.302 e. The first-order chi connectivity index (χ1) is 12.7. The van der Waals surface area contributed by atoms with Crippen LogP contribution in [-0.2, 0) is 19.1 Å². The van der Waals surface area contributed by atoms with Crippen molar-refractivity contribution >= 4 is 11.9 Å². The first kappa shape index (κ1) is 19.3. The second-order valence-electron chi connectivity index (χ2n) is 10.4. The molecule has 8 atom stereocenters. The fourth-order valence-electron chi connectivity index (χ4n) is 7.91. The summed E-state index contributed by atoms with van der Waals surface area (Å²) in [7, 11) is 0. The second kappa shape index (κ2) is 6.77. The van der Waals surface area contributed by atoms with Gasteiger partial charge in [-0.05, 0) is 86.9 Å². The third-order valence-corrected chi connectivity index (χ3v) is 9.17. The van der Waals surface area contributed by atoms with E-state index >= 15 is 0 Å². The number of fused-ring (bicyclic) bond motifs is 5. The molecular formula is C23H36O4. The first-order valence-electron chi connectivity index (χ1n) is 11.1. The van der Waals surface area contributed by atoms with Crippen LogP contribution in [0.15, 0.2) is 0 Å². The van der Waals surface area contributed by atoms with E-state index < -0.39 is 0 Å². The standard InChI is InChI=1S/C23H36O4/c1-14(24)26-17-9-11-22(3)16(13-17)5-6-18-19-7-8-21(27-15(2)25)23(19,4)12-10-20(18)22/h16-21H,5-13H2,1-4H3/t16?,17?,18-,19-,20-,21?,22-,23-/m0/s1. The molecule has 4 saturated carbocycles. The van der Waals surface area contributed by atoms with Gasteiger partial charge in [0, 0.05) is 19.3 Å². The molecule has 0 radical (unpaired) electrons. The normalized spacial score (nSPS) is 48.7. The van der Waals surface area contributed by atoms with Gasteiger partial charge >= 0.3 is 11.9 Å². The van der Waals surface area contributed by atoms with Crippen molar-refractivity contribution in [1.29, 1.82) is 0 Å². The van der Waals surface area contributed by atoms with Gasteiger partial charge < -0.3 is 9.47 Å². The minimum absolute atomic E-state index is 0.117. The molecule has 0 N–H and O–H groups in total. The molecule has 4 rings (SSSR count). The van der Waals surface area contributed by atoms with Crippen molar-refractivity contribution in [3.63, 3.8) is 0 Å². The summed E-state index contributed by atoms with van der Waals surface area (Å²) in [4.78, 5) is 23.0. The maximum atomic E-state index is 11.6. The molecule has 4 aliphatic carbocycles. The Kier molecular flexibility index (Phi) is 4.83. The van der Waals surface area contributed by atoms with Crippen LogP contribution >= 0.6 is 0 Å². The molecule has 0 aromatic carbocycles. The fourth-order valence-corrected chi connectivity index (χ4v) is 7.91. The van der Waals surface area contributed by atoms with E-state index in [2.05, 4.69) is 13.8 Å². The van der Waals surface area contributed by atoms with Crippen molar-refractivity contribution < 1.29 is 19.1 Å². The minimum Gasteiger partial charge on any atom is -0.463 e. The van der Waals surface area contributed by atoms with Gasteiger partial charge in [-0.1, -0.05) is 13.8 Å². The van der Waals surface area contributed by atoms with Crippen LogP contribution in [-0.4, -0.2) is 24.1 Å². The number of ether oxygens (including phenoxy) is 2. The van der Waals surface area contributed by atoms with Crippen molar-refractivity contribution in [2.24, 2.45) is 34.5 Å². The molecule has 0 aromatic heterocycles. The smallest absolute Gasteiger partial charge is 0.302 e. The van der Waals surface area contributed by atoms with E-state index in [9.17, 15) is 9.59 Å². The molecule has 0 aliphatic heterocycles. The third kappa shape index (κ3) is 3.11. The third-order valence-electron chi connectivity index (χ3n) is 9.17. The molecule has 0 aromatic rings. The van der Waals surface area contributed by atoms with Gasteiger partial charge in [-0.2, -0.15) is 0 Å². The Labute approximate surface area is 163 Å². The summed E-state index contributed by atoms with van der Waals surface area (Å²) in [5, 5.41) is 0. The lowest BCUT2D eigenvalue weighted by atomic mass is 9.45. The molecule has 27 heavy (non-hydrogen) atoms. The Balaban J connectivity index is 1.51. The number of hydrogen-bond acceptors (Lipinski definition) is 4. The molecule has 0 heterocycles. The number of rotatable bonds is 2. The van der Waals surface area contributed by atoms with E-state index in [4.69, 9.17) is 9.47 Å². The van der Waals surface area contributed by atoms with Crippen LogP contribution in [0, 0.1) is 34.5 Å². The molecule has 4 aliphatic rings. The van der Waals surface area contributed by atoms with Crippen LogP contribution in [0.5, 0.6) is 0 Å². The SMILES string of the molecule is CC(=O)OC1CC[C@@]2(C)C(CC[C@@H]3[C@@H]2CC[C@]2(C)C(OC(C)=O)CC[C@@H]32)C1. The maximum absolute atomic E-state index is 11.6. The molecular weight excluding hydrogens is 340 g/mol. The van der Waals surface area contributed by atoms with Gasteiger partial charge in [0.2, 0.25) is 0 Å². The average molecular weight is 377 g/mol. The van der Waals surface area contributed by atoms with Gasteiger partial charge in [-0.25, -0.2) is 0 Å². The highest BCUT2D eigenvalue weighted by Crippen LogP contribution is 2.66. The second-order valence-corrected chi connectivity index (χ2v) is 10.4. The minimum atomic E-state index is -0.131. The van der Waals surface area contributed by atoms with Crippen molar-refractivity contribution in [3.05, 3.63) is 0 Å². The zero-order valence-corrected chi connectivity index (χ0v) is 17.5. The van der Waals surface area contributed by atoms with Crippen molar-refractivity contribution in [2.75, 3.05) is 0 Å². The summed E-state index contributed by atoms with van der Waals surface area (Å²) < 4.78 is 11.3. The molecule has 0 amide bonds. The van der Waals surface area contributed by atoms with Gasteiger partial charge in [-0.3, -0.25) is 9.59 Å². The highest BCUT2D eigenvalue weighted by atomic mass is 16.5. The molecule has 0 bridgehead atoms. The van der Waals surface area contributed by atoms with Gasteiger partial charge in [-0.15, -0.1) is 0 Å². The van der Waals surface area contributed by atoms with Crippen molar-refractivity contribution in [1.82, 2.24) is 0 Å². The Morgan fingerprint density at radius 2 is 1.44 bits per heavy atom. The lowest BCUT2D eigenvalue weighted by molar-refractivity contribution is -0.167. The Hall–Kier alpha value is -1.06. The topological polar surface area (TPSA) is 52.6 Å². The molecule has 0 spiro atoms. The summed E-state index contributed by atoms with van der Waals surface area (Å²) in [6.07, 6.45) is 10.8. The summed E-state index contributed by atoms with van der Waals surface area (Å²) in [5.41, 5.74) is 0.561. The van der Waals surface area contributed by atoms with E-state index in [0.717, 1.165) is 31.1 Å². The Morgan fingerprint density at radius 3 is 2.15 bits per heavy atom. The van der Waals surface area contributed by atoms with Crippen LogP contribution in [0.4, 0.5) is 0 Å². The number of carbonyl (C=O) groups is 2. The Bertz CT molecular complexity index is 615. The number of carbonyl (C=O) groups excluding carboxylic acids is 2. The zero-order valence-electron chi connectivity index (χ0n) is 17.5. The molecule has 4 nitrogen and oxygen atoms in total. The Morgan fingerprint density at radius 1 is 0.778 bits per heavy atom. The van der Waals surface area contributed by atoms with Gasteiger partial charge in [0.15, 0.2) is 0 Å². The highest BCUT2D eigenvalue weighted by molar-refractivity contribution is 5.66. The van der Waals surface area contributed by atoms with E-state index in [1.807, 2.05) is 0 Å². The predicted molar refractivity (Wildman–Crippen MR) is 103 cm³/mol. The van der Waals surface area contributed by atoms with E-state index in [0.29, 0.717) is 17.3 Å². The van der Waals surface area contributed by atoms with Gasteiger partial charge in [0.25, 0.3) is 0 Å². The molecule has 152 valence electrons. The largest absolute Gasteiger partial charge is 0.463 e. The van der Waals surface area contributed by atoms with Crippen LogP contribution < -0.4 is 0 Å². The van der Waals surface area contributed by atoms with E-state index in [-0.39, 0.29) is 29.6 Å². The molecule has 4 heteroatoms. The van der Waals surface area contributed by atoms with E-state index in [1.165, 1.54) is 45.4 Å². The zero-order chi connectivity index (χ0) is 19.4. The molecule has 0 saturated heterocycles. The van der Waals surface area contributed by atoms with E-state index in [1.54, 1.807) is 6.92 Å². The molecule has 4 fully saturated rings. The van der Waals surface area contributed by atoms with Crippen LogP contribution in [0.25, 0.3) is 0 Å². The molecule has 3 unspecified atom stereocenters. The quantitative estimate of drug-likeness (QED) is 0.644. The lowest BCUT2D eigenvalue weighted by Crippen LogP contribution is -2.54. The summed E-state index contributed by atoms with van der Waals surface area (Å²) in [6, 6.07) is 0. The monoisotopic (exact) mass is 376 g/mol. The first-order valence-corrected chi connectivity index (χ1v) is 11.1. The summed E-state index contributed by atoms with van der Waals surface area (Å²) in [5.74, 6) is 2.69. The summed E-state index contributed by atoms with van der Waals surface area (Å²) in [6.45, 7) is 8.00. The fraction of sp³-hybridized carbons (Fsp3) is 0.913. The van der Waals surface area contributed by atoms with Crippen LogP contribution in [0.1, 0.15) is 85.5 Å².